The van der Waals surface area contributed by atoms with Crippen LogP contribution < -0.4 is 4.74 Å². The van der Waals surface area contributed by atoms with E-state index in [1.54, 1.807) is 6.07 Å². The Balaban J connectivity index is 2.04. The summed E-state index contributed by atoms with van der Waals surface area (Å²) in [5.41, 5.74) is 1.15. The molecule has 1 N–H and O–H groups in total. The van der Waals surface area contributed by atoms with Crippen LogP contribution in [0.2, 0.25) is 0 Å². The highest BCUT2D eigenvalue weighted by molar-refractivity contribution is 9.10. The van der Waals surface area contributed by atoms with Gasteiger partial charge in [0.05, 0.1) is 11.1 Å². The molecule has 0 aliphatic carbocycles. The molecule has 1 fully saturated rings. The zero-order valence-electron chi connectivity index (χ0n) is 9.82. The van der Waals surface area contributed by atoms with Gasteiger partial charge < -0.3 is 14.7 Å². The molecule has 0 radical (unpaired) electrons. The molecule has 0 aromatic heterocycles. The van der Waals surface area contributed by atoms with E-state index in [2.05, 4.69) is 27.9 Å². The molecule has 1 saturated heterocycles. The first kappa shape index (κ1) is 11.4. The molecule has 2 aliphatic rings. The smallest absolute Gasteiger partial charge is 0.137 e. The van der Waals surface area contributed by atoms with Crippen molar-refractivity contribution in [1.82, 2.24) is 4.90 Å². The number of aromatic hydroxyl groups is 1. The second kappa shape index (κ2) is 4.18. The van der Waals surface area contributed by atoms with Gasteiger partial charge in [0.1, 0.15) is 11.5 Å². The van der Waals surface area contributed by atoms with E-state index < -0.39 is 0 Å². The quantitative estimate of drug-likeness (QED) is 0.799. The zero-order valence-corrected chi connectivity index (χ0v) is 11.4. The van der Waals surface area contributed by atoms with Crippen molar-refractivity contribution in [1.29, 1.82) is 0 Å². The molecule has 0 saturated carbocycles. The Kier molecular flexibility index (Phi) is 2.79. The summed E-state index contributed by atoms with van der Waals surface area (Å²) in [6.45, 7) is 2.99. The topological polar surface area (TPSA) is 32.7 Å². The van der Waals surface area contributed by atoms with Gasteiger partial charge in [-0.05, 0) is 48.1 Å². The fourth-order valence-electron chi connectivity index (χ4n) is 2.93. The maximum Gasteiger partial charge on any atom is 0.137 e. The van der Waals surface area contributed by atoms with Gasteiger partial charge in [0.15, 0.2) is 0 Å². The Morgan fingerprint density at radius 1 is 1.47 bits per heavy atom. The third kappa shape index (κ3) is 1.93. The van der Waals surface area contributed by atoms with Crippen LogP contribution in [0.5, 0.6) is 11.5 Å². The second-order valence-electron chi connectivity index (χ2n) is 5.07. The minimum atomic E-state index is 0.313. The van der Waals surface area contributed by atoms with Gasteiger partial charge in [-0.1, -0.05) is 0 Å². The zero-order chi connectivity index (χ0) is 12.0. The fourth-order valence-corrected chi connectivity index (χ4v) is 3.51. The number of halogens is 1. The lowest BCUT2D eigenvalue weighted by molar-refractivity contribution is 0.113. The molecule has 4 heteroatoms. The SMILES string of the molecule is CN1CC[C@H]2COc3c(Br)cc(O)cc3[C@H]2C1. The summed E-state index contributed by atoms with van der Waals surface area (Å²) in [5.74, 6) is 2.31. The van der Waals surface area contributed by atoms with Crippen LogP contribution >= 0.6 is 15.9 Å². The molecule has 2 heterocycles. The van der Waals surface area contributed by atoms with Crippen LogP contribution in [0.3, 0.4) is 0 Å². The van der Waals surface area contributed by atoms with Gasteiger partial charge in [-0.25, -0.2) is 0 Å². The van der Waals surface area contributed by atoms with Gasteiger partial charge in [0, 0.05) is 23.9 Å². The number of phenolic OH excluding ortho intramolecular Hbond substituents is 1. The molecular formula is C13H16BrNO2. The molecule has 2 aliphatic heterocycles. The first-order valence-corrected chi connectivity index (χ1v) is 6.78. The Morgan fingerprint density at radius 3 is 3.12 bits per heavy atom. The van der Waals surface area contributed by atoms with Crippen molar-refractivity contribution in [2.45, 2.75) is 12.3 Å². The van der Waals surface area contributed by atoms with Crippen molar-refractivity contribution >= 4 is 15.9 Å². The average Bonchev–Trinajstić information content (AvgIpc) is 2.28. The Morgan fingerprint density at radius 2 is 2.29 bits per heavy atom. The first-order chi connectivity index (χ1) is 8.15. The second-order valence-corrected chi connectivity index (χ2v) is 5.93. The summed E-state index contributed by atoms with van der Waals surface area (Å²) in [6.07, 6.45) is 1.17. The largest absolute Gasteiger partial charge is 0.508 e. The number of ether oxygens (including phenoxy) is 1. The molecule has 0 bridgehead atoms. The highest BCUT2D eigenvalue weighted by atomic mass is 79.9. The number of rotatable bonds is 0. The number of hydrogen-bond donors (Lipinski definition) is 1. The van der Waals surface area contributed by atoms with Gasteiger partial charge in [-0.3, -0.25) is 0 Å². The molecule has 0 unspecified atom stereocenters. The van der Waals surface area contributed by atoms with Crippen LogP contribution in [0.25, 0.3) is 0 Å². The van der Waals surface area contributed by atoms with E-state index in [0.29, 0.717) is 17.6 Å². The van der Waals surface area contributed by atoms with Gasteiger partial charge in [0.25, 0.3) is 0 Å². The van der Waals surface area contributed by atoms with E-state index in [1.165, 1.54) is 6.42 Å². The van der Waals surface area contributed by atoms with Gasteiger partial charge in [-0.15, -0.1) is 0 Å². The molecule has 92 valence electrons. The van der Waals surface area contributed by atoms with Gasteiger partial charge in [0.2, 0.25) is 0 Å². The maximum absolute atomic E-state index is 9.73. The Hall–Kier alpha value is -0.740. The molecule has 0 amide bonds. The number of likely N-dealkylation sites (N-methyl/N-ethyl adjacent to an activating group) is 1. The number of benzene rings is 1. The highest BCUT2D eigenvalue weighted by Gasteiger charge is 2.35. The van der Waals surface area contributed by atoms with Gasteiger partial charge >= 0.3 is 0 Å². The van der Waals surface area contributed by atoms with E-state index in [1.807, 2.05) is 6.07 Å². The van der Waals surface area contributed by atoms with E-state index in [4.69, 9.17) is 4.74 Å². The Labute approximate surface area is 110 Å². The molecule has 1 aromatic carbocycles. The molecule has 3 rings (SSSR count). The summed E-state index contributed by atoms with van der Waals surface area (Å²) in [7, 11) is 2.16. The van der Waals surface area contributed by atoms with Crippen molar-refractivity contribution in [2.75, 3.05) is 26.7 Å². The number of fused-ring (bicyclic) bond motifs is 3. The third-order valence-electron chi connectivity index (χ3n) is 3.86. The molecule has 3 nitrogen and oxygen atoms in total. The molecule has 17 heavy (non-hydrogen) atoms. The lowest BCUT2D eigenvalue weighted by Gasteiger charge is -2.40. The van der Waals surface area contributed by atoms with Crippen molar-refractivity contribution in [3.8, 4) is 11.5 Å². The van der Waals surface area contributed by atoms with Crippen molar-refractivity contribution in [2.24, 2.45) is 5.92 Å². The lowest BCUT2D eigenvalue weighted by atomic mass is 9.79. The van der Waals surface area contributed by atoms with Crippen LogP contribution in [0.4, 0.5) is 0 Å². The van der Waals surface area contributed by atoms with E-state index in [-0.39, 0.29) is 0 Å². The molecular weight excluding hydrogens is 282 g/mol. The molecule has 2 atom stereocenters. The van der Waals surface area contributed by atoms with E-state index >= 15 is 0 Å². The van der Waals surface area contributed by atoms with E-state index in [0.717, 1.165) is 35.5 Å². The maximum atomic E-state index is 9.73. The number of hydrogen-bond acceptors (Lipinski definition) is 3. The summed E-state index contributed by atoms with van der Waals surface area (Å²) in [4.78, 5) is 2.36. The van der Waals surface area contributed by atoms with Crippen molar-refractivity contribution in [3.63, 3.8) is 0 Å². The lowest BCUT2D eigenvalue weighted by Crippen LogP contribution is -2.41. The third-order valence-corrected chi connectivity index (χ3v) is 4.45. The minimum Gasteiger partial charge on any atom is -0.508 e. The van der Waals surface area contributed by atoms with Gasteiger partial charge in [-0.2, -0.15) is 0 Å². The summed E-state index contributed by atoms with van der Waals surface area (Å²) < 4.78 is 6.70. The predicted octanol–water partition coefficient (Wildman–Crippen LogP) is 2.58. The standard InChI is InChI=1S/C13H16BrNO2/c1-15-3-2-8-7-17-13-10(11(8)6-15)4-9(16)5-12(13)14/h4-5,8,11,16H,2-3,6-7H2,1H3/t8-,11-/m0/s1. The Bertz CT molecular complexity index is 449. The van der Waals surface area contributed by atoms with Crippen molar-refractivity contribution < 1.29 is 9.84 Å². The average molecular weight is 298 g/mol. The fraction of sp³-hybridized carbons (Fsp3) is 0.538. The first-order valence-electron chi connectivity index (χ1n) is 5.99. The van der Waals surface area contributed by atoms with Crippen LogP contribution in [0.15, 0.2) is 16.6 Å². The van der Waals surface area contributed by atoms with Crippen molar-refractivity contribution in [3.05, 3.63) is 22.2 Å². The number of nitrogens with zero attached hydrogens (tertiary/aromatic N) is 1. The highest BCUT2D eigenvalue weighted by Crippen LogP contribution is 2.45. The number of piperidine rings is 1. The monoisotopic (exact) mass is 297 g/mol. The van der Waals surface area contributed by atoms with E-state index in [9.17, 15) is 5.11 Å². The number of phenols is 1. The normalized spacial score (nSPS) is 28.1. The van der Waals surface area contributed by atoms with Crippen LogP contribution in [0.1, 0.15) is 17.9 Å². The summed E-state index contributed by atoms with van der Waals surface area (Å²) in [5, 5.41) is 9.73. The van der Waals surface area contributed by atoms with Crippen LogP contribution in [-0.4, -0.2) is 36.8 Å². The summed E-state index contributed by atoms with van der Waals surface area (Å²) in [6, 6.07) is 3.56. The summed E-state index contributed by atoms with van der Waals surface area (Å²) >= 11 is 3.47. The number of likely N-dealkylation sites (tertiary alicyclic amines) is 1. The van der Waals surface area contributed by atoms with Crippen LogP contribution in [0, 0.1) is 5.92 Å². The van der Waals surface area contributed by atoms with Crippen LogP contribution in [-0.2, 0) is 0 Å². The predicted molar refractivity (Wildman–Crippen MR) is 69.6 cm³/mol. The molecule has 1 aromatic rings. The molecule has 0 spiro atoms. The minimum absolute atomic E-state index is 0.313.